The van der Waals surface area contributed by atoms with Crippen LogP contribution in [-0.4, -0.2) is 19.6 Å². The van der Waals surface area contributed by atoms with Crippen LogP contribution in [0.15, 0.2) is 0 Å². The molecule has 0 aromatic rings. The Morgan fingerprint density at radius 2 is 1.75 bits per heavy atom. The van der Waals surface area contributed by atoms with Crippen LogP contribution in [0.25, 0.3) is 0 Å². The van der Waals surface area contributed by atoms with Gasteiger partial charge in [-0.3, -0.25) is 0 Å². The Kier molecular flexibility index (Phi) is 5.89. The Hall–Kier alpha value is 1.27. The fraction of sp³-hybridized carbons (Fsp3) is 1.00. The van der Waals surface area contributed by atoms with Gasteiger partial charge in [0.2, 0.25) is 0 Å². The number of rotatable bonds is 1. The van der Waals surface area contributed by atoms with Crippen LogP contribution in [0.5, 0.6) is 0 Å². The van der Waals surface area contributed by atoms with Crippen molar-refractivity contribution in [2.45, 2.75) is 33.2 Å². The second kappa shape index (κ2) is 5.09. The zero-order valence-electron chi connectivity index (χ0n) is 5.32. The first-order valence-corrected chi connectivity index (χ1v) is 8.02. The summed E-state index contributed by atoms with van der Waals surface area (Å²) in [6.45, 7) is 2.38. The molecule has 50 valence electrons. The van der Waals surface area contributed by atoms with Crippen LogP contribution < -0.4 is 17.0 Å². The third kappa shape index (κ3) is 2.71. The van der Waals surface area contributed by atoms with E-state index in [-0.39, 0.29) is 36.5 Å². The van der Waals surface area contributed by atoms with Crippen LogP contribution >= 0.6 is 0 Å². The third-order valence-electron chi connectivity index (χ3n) is 1.52. The summed E-state index contributed by atoms with van der Waals surface area (Å²) in [6.07, 6.45) is 3.15. The molecule has 0 nitrogen and oxygen atoms in total. The minimum absolute atomic E-state index is 0. The van der Waals surface area contributed by atoms with E-state index in [1.807, 2.05) is 0 Å². The Morgan fingerprint density at radius 3 is 2.00 bits per heavy atom. The first-order valence-electron chi connectivity index (χ1n) is 3.07. The maximum Gasteiger partial charge on any atom is -1.00 e. The van der Waals surface area contributed by atoms with Gasteiger partial charge in [-0.15, -0.1) is 0 Å². The summed E-state index contributed by atoms with van der Waals surface area (Å²) in [6, 6.07) is 0. The van der Waals surface area contributed by atoms with Gasteiger partial charge in [0.1, 0.15) is 0 Å². The Labute approximate surface area is 69.5 Å². The van der Waals surface area contributed by atoms with Gasteiger partial charge < -0.3 is 17.0 Å². The molecule has 8 heavy (non-hydrogen) atoms. The zero-order valence-corrected chi connectivity index (χ0v) is 9.24. The SMILES string of the molecule is CC[Te+]1CCCC1.[Br-]. The molecule has 2 heteroatoms. The Bertz CT molecular complexity index is 50.5. The predicted octanol–water partition coefficient (Wildman–Crippen LogP) is -0.701. The first-order chi connectivity index (χ1) is 3.43. The molecular weight excluding hydrogens is 280 g/mol. The fourth-order valence-corrected chi connectivity index (χ4v) is 6.73. The summed E-state index contributed by atoms with van der Waals surface area (Å²) in [4.78, 5) is 0. The van der Waals surface area contributed by atoms with Crippen molar-refractivity contribution in [2.24, 2.45) is 0 Å². The van der Waals surface area contributed by atoms with Crippen molar-refractivity contribution in [1.29, 1.82) is 0 Å². The molecule has 1 fully saturated rings. The van der Waals surface area contributed by atoms with E-state index in [1.54, 1.807) is 26.2 Å². The first kappa shape index (κ1) is 9.27. The number of hydrogen-bond donors (Lipinski definition) is 0. The maximum absolute atomic E-state index is 2.38. The second-order valence-electron chi connectivity index (χ2n) is 2.02. The summed E-state index contributed by atoms with van der Waals surface area (Å²) >= 11 is -0.319. The van der Waals surface area contributed by atoms with Crippen molar-refractivity contribution < 1.29 is 17.0 Å². The maximum atomic E-state index is 2.38. The van der Waals surface area contributed by atoms with Crippen LogP contribution in [0, 0.1) is 0 Å². The summed E-state index contributed by atoms with van der Waals surface area (Å²) in [5.74, 6) is 0. The topological polar surface area (TPSA) is 0 Å². The standard InChI is InChI=1S/C6H13Te.BrH/c1-2-7-5-3-4-6-7;/h2-6H2,1H3;1H/q+1;/p-1. The van der Waals surface area contributed by atoms with Crippen molar-refractivity contribution in [2.75, 3.05) is 0 Å². The number of halogens is 1. The quantitative estimate of drug-likeness (QED) is 0.561. The van der Waals surface area contributed by atoms with Crippen LogP contribution in [-0.2, 0) is 0 Å². The van der Waals surface area contributed by atoms with Crippen LogP contribution in [0.4, 0.5) is 0 Å². The molecule has 0 radical (unpaired) electrons. The summed E-state index contributed by atoms with van der Waals surface area (Å²) in [5.41, 5.74) is 0. The zero-order chi connectivity index (χ0) is 5.11. The normalized spacial score (nSPS) is 20.6. The van der Waals surface area contributed by atoms with Gasteiger partial charge in [0, 0.05) is 0 Å². The molecule has 1 rings (SSSR count). The van der Waals surface area contributed by atoms with Crippen molar-refractivity contribution in [1.82, 2.24) is 0 Å². The van der Waals surface area contributed by atoms with E-state index in [4.69, 9.17) is 0 Å². The average molecular weight is 293 g/mol. The molecule has 1 aliphatic heterocycles. The summed E-state index contributed by atoms with van der Waals surface area (Å²) in [5, 5.41) is 0. The average Bonchev–Trinajstić information content (AvgIpc) is 2.14. The van der Waals surface area contributed by atoms with Crippen molar-refractivity contribution in [3.05, 3.63) is 0 Å². The van der Waals surface area contributed by atoms with Gasteiger partial charge in [-0.2, -0.15) is 0 Å². The van der Waals surface area contributed by atoms with Crippen molar-refractivity contribution in [3.8, 4) is 0 Å². The van der Waals surface area contributed by atoms with Crippen LogP contribution in [0.2, 0.25) is 13.4 Å². The molecule has 0 N–H and O–H groups in total. The largest absolute Gasteiger partial charge is 1.00 e. The fourth-order valence-electron chi connectivity index (χ4n) is 1.00. The van der Waals surface area contributed by atoms with Gasteiger partial charge >= 0.3 is 52.7 Å². The predicted molar refractivity (Wildman–Crippen MR) is 35.1 cm³/mol. The molecule has 1 heterocycles. The van der Waals surface area contributed by atoms with Gasteiger partial charge in [-0.05, 0) is 0 Å². The molecular formula is C6H13BrTe. The Balaban J connectivity index is 0.000000490. The van der Waals surface area contributed by atoms with Crippen molar-refractivity contribution >= 4 is 19.6 Å². The molecule has 0 aromatic heterocycles. The molecule has 0 unspecified atom stereocenters. The summed E-state index contributed by atoms with van der Waals surface area (Å²) < 4.78 is 4.95. The molecule has 1 aliphatic rings. The van der Waals surface area contributed by atoms with E-state index in [0.717, 1.165) is 0 Å². The minimum Gasteiger partial charge on any atom is -1.00 e. The minimum atomic E-state index is -0.319. The van der Waals surface area contributed by atoms with E-state index in [2.05, 4.69) is 6.92 Å². The van der Waals surface area contributed by atoms with Gasteiger partial charge in [-0.25, -0.2) is 0 Å². The summed E-state index contributed by atoms with van der Waals surface area (Å²) in [7, 11) is 0. The van der Waals surface area contributed by atoms with E-state index in [0.29, 0.717) is 0 Å². The van der Waals surface area contributed by atoms with Crippen LogP contribution in [0.1, 0.15) is 19.8 Å². The molecule has 1 saturated heterocycles. The molecule has 0 spiro atoms. The molecule has 0 amide bonds. The molecule has 0 atom stereocenters. The molecule has 0 bridgehead atoms. The second-order valence-corrected chi connectivity index (χ2v) is 9.49. The van der Waals surface area contributed by atoms with Gasteiger partial charge in [0.25, 0.3) is 0 Å². The van der Waals surface area contributed by atoms with Gasteiger partial charge in [0.15, 0.2) is 0 Å². The molecule has 0 aliphatic carbocycles. The van der Waals surface area contributed by atoms with E-state index < -0.39 is 0 Å². The van der Waals surface area contributed by atoms with E-state index >= 15 is 0 Å². The van der Waals surface area contributed by atoms with Crippen LogP contribution in [0.3, 0.4) is 0 Å². The molecule has 0 saturated carbocycles. The van der Waals surface area contributed by atoms with Gasteiger partial charge in [-0.1, -0.05) is 0 Å². The van der Waals surface area contributed by atoms with E-state index in [1.165, 1.54) is 0 Å². The van der Waals surface area contributed by atoms with Gasteiger partial charge in [0.05, 0.1) is 0 Å². The Morgan fingerprint density at radius 1 is 1.25 bits per heavy atom. The monoisotopic (exact) mass is 294 g/mol. The smallest absolute Gasteiger partial charge is 1.00 e. The molecule has 0 aromatic carbocycles. The number of hydrogen-bond acceptors (Lipinski definition) is 0. The third-order valence-corrected chi connectivity index (χ3v) is 8.80. The van der Waals surface area contributed by atoms with E-state index in [9.17, 15) is 0 Å². The van der Waals surface area contributed by atoms with Crippen molar-refractivity contribution in [3.63, 3.8) is 0 Å².